The van der Waals surface area contributed by atoms with Crippen LogP contribution in [-0.2, 0) is 16.2 Å². The molecule has 4 rings (SSSR count). The van der Waals surface area contributed by atoms with Crippen LogP contribution in [0.15, 0.2) is 48.7 Å². The molecule has 2 aliphatic heterocycles. The Bertz CT molecular complexity index is 1150. The minimum atomic E-state index is -4.43. The standard InChI is InChI=1S/C23H27F3N4O2S/c1-16-5-4-10-30(16)22-14-18(17-8-11-29(12-9-17)33(2,31)32)13-21(28-22)27-20-7-3-6-19(15-20)23(24,25)26/h3,6-8,11,13-17H,4-5,9-10,12H2,1-2H3,(H,27,28)/t16-,17?/m1/s1. The minimum Gasteiger partial charge on any atom is -0.354 e. The lowest BCUT2D eigenvalue weighted by molar-refractivity contribution is -0.137. The molecule has 0 spiro atoms. The van der Waals surface area contributed by atoms with Gasteiger partial charge in [-0.1, -0.05) is 12.1 Å². The third kappa shape index (κ3) is 5.43. The molecule has 1 aromatic carbocycles. The van der Waals surface area contributed by atoms with Gasteiger partial charge in [0.05, 0.1) is 11.8 Å². The molecule has 10 heteroatoms. The Labute approximate surface area is 192 Å². The predicted octanol–water partition coefficient (Wildman–Crippen LogP) is 5.10. The van der Waals surface area contributed by atoms with Crippen LogP contribution < -0.4 is 10.2 Å². The highest BCUT2D eigenvalue weighted by Gasteiger charge is 2.30. The van der Waals surface area contributed by atoms with E-state index in [1.807, 2.05) is 18.2 Å². The molecule has 33 heavy (non-hydrogen) atoms. The Balaban J connectivity index is 1.67. The molecule has 1 N–H and O–H groups in total. The van der Waals surface area contributed by atoms with Crippen molar-refractivity contribution in [2.75, 3.05) is 29.6 Å². The Hall–Kier alpha value is -2.75. The molecule has 1 aromatic heterocycles. The Morgan fingerprint density at radius 3 is 2.52 bits per heavy atom. The largest absolute Gasteiger partial charge is 0.416 e. The van der Waals surface area contributed by atoms with E-state index in [1.54, 1.807) is 12.3 Å². The summed E-state index contributed by atoms with van der Waals surface area (Å²) >= 11 is 0. The van der Waals surface area contributed by atoms with E-state index in [2.05, 4.69) is 17.1 Å². The third-order valence-electron chi connectivity index (χ3n) is 6.14. The van der Waals surface area contributed by atoms with Gasteiger partial charge in [0, 0.05) is 36.9 Å². The summed E-state index contributed by atoms with van der Waals surface area (Å²) in [6.45, 7) is 3.36. The number of aromatic nitrogens is 1. The molecule has 1 unspecified atom stereocenters. The van der Waals surface area contributed by atoms with Crippen molar-refractivity contribution in [1.82, 2.24) is 9.29 Å². The van der Waals surface area contributed by atoms with Crippen LogP contribution in [0.2, 0.25) is 0 Å². The van der Waals surface area contributed by atoms with Gasteiger partial charge in [-0.25, -0.2) is 13.4 Å². The van der Waals surface area contributed by atoms with E-state index in [4.69, 9.17) is 4.98 Å². The number of sulfonamides is 1. The molecule has 2 atom stereocenters. The first-order valence-corrected chi connectivity index (χ1v) is 12.7. The summed E-state index contributed by atoms with van der Waals surface area (Å²) in [5.74, 6) is 1.20. The topological polar surface area (TPSA) is 65.5 Å². The average Bonchev–Trinajstić information content (AvgIpc) is 3.18. The number of halogens is 3. The Morgan fingerprint density at radius 1 is 1.12 bits per heavy atom. The van der Waals surface area contributed by atoms with Crippen molar-refractivity contribution in [1.29, 1.82) is 0 Å². The lowest BCUT2D eigenvalue weighted by atomic mass is 9.94. The number of benzene rings is 1. The van der Waals surface area contributed by atoms with Gasteiger partial charge in [0.2, 0.25) is 10.0 Å². The fraction of sp³-hybridized carbons (Fsp3) is 0.435. The summed E-state index contributed by atoms with van der Waals surface area (Å²) in [5, 5.41) is 3.04. The molecule has 0 saturated carbocycles. The van der Waals surface area contributed by atoms with E-state index >= 15 is 0 Å². The minimum absolute atomic E-state index is 0.0234. The zero-order chi connectivity index (χ0) is 23.8. The normalized spacial score (nSPS) is 21.5. The highest BCUT2D eigenvalue weighted by atomic mass is 32.2. The van der Waals surface area contributed by atoms with Gasteiger partial charge < -0.3 is 10.2 Å². The highest BCUT2D eigenvalue weighted by Crippen LogP contribution is 2.35. The molecule has 178 valence electrons. The molecule has 3 heterocycles. The average molecular weight is 481 g/mol. The maximum Gasteiger partial charge on any atom is 0.416 e. The lowest BCUT2D eigenvalue weighted by Crippen LogP contribution is -2.30. The number of anilines is 3. The highest BCUT2D eigenvalue weighted by molar-refractivity contribution is 7.88. The smallest absolute Gasteiger partial charge is 0.354 e. The summed E-state index contributed by atoms with van der Waals surface area (Å²) in [6.07, 6.45) is 2.89. The van der Waals surface area contributed by atoms with Crippen LogP contribution in [0.4, 0.5) is 30.5 Å². The first-order valence-electron chi connectivity index (χ1n) is 10.9. The van der Waals surface area contributed by atoms with Gasteiger partial charge in [0.1, 0.15) is 11.6 Å². The first kappa shape index (κ1) is 23.4. The Morgan fingerprint density at radius 2 is 1.91 bits per heavy atom. The van der Waals surface area contributed by atoms with E-state index in [-0.39, 0.29) is 5.92 Å². The van der Waals surface area contributed by atoms with Gasteiger partial charge in [-0.3, -0.25) is 4.31 Å². The van der Waals surface area contributed by atoms with Crippen molar-refractivity contribution in [3.05, 3.63) is 59.8 Å². The molecule has 0 amide bonds. The van der Waals surface area contributed by atoms with Crippen LogP contribution in [0.5, 0.6) is 0 Å². The zero-order valence-electron chi connectivity index (χ0n) is 18.5. The van der Waals surface area contributed by atoms with Crippen LogP contribution in [0.3, 0.4) is 0 Å². The van der Waals surface area contributed by atoms with E-state index in [1.165, 1.54) is 16.6 Å². The fourth-order valence-corrected chi connectivity index (χ4v) is 5.08. The van der Waals surface area contributed by atoms with E-state index in [0.29, 0.717) is 30.5 Å². The molecule has 2 aromatic rings. The van der Waals surface area contributed by atoms with Crippen molar-refractivity contribution in [3.8, 4) is 0 Å². The molecule has 0 radical (unpaired) electrons. The molecular weight excluding hydrogens is 453 g/mol. The number of hydrogen-bond acceptors (Lipinski definition) is 5. The fourth-order valence-electron chi connectivity index (χ4n) is 4.35. The van der Waals surface area contributed by atoms with Crippen molar-refractivity contribution in [3.63, 3.8) is 0 Å². The van der Waals surface area contributed by atoms with Crippen LogP contribution >= 0.6 is 0 Å². The second-order valence-electron chi connectivity index (χ2n) is 8.64. The summed E-state index contributed by atoms with van der Waals surface area (Å²) < 4.78 is 64.4. The molecule has 0 aliphatic carbocycles. The third-order valence-corrected chi connectivity index (χ3v) is 7.30. The van der Waals surface area contributed by atoms with Gasteiger partial charge >= 0.3 is 6.18 Å². The van der Waals surface area contributed by atoms with Crippen LogP contribution in [0, 0.1) is 0 Å². The van der Waals surface area contributed by atoms with Gasteiger partial charge in [0.15, 0.2) is 0 Å². The summed E-state index contributed by atoms with van der Waals surface area (Å²) in [6, 6.07) is 9.19. The molecule has 0 bridgehead atoms. The quantitative estimate of drug-likeness (QED) is 0.646. The molecule has 2 aliphatic rings. The summed E-state index contributed by atoms with van der Waals surface area (Å²) in [5.41, 5.74) is 0.517. The van der Waals surface area contributed by atoms with Crippen LogP contribution in [0.25, 0.3) is 0 Å². The molecule has 1 fully saturated rings. The van der Waals surface area contributed by atoms with Crippen LogP contribution in [0.1, 0.15) is 43.2 Å². The summed E-state index contributed by atoms with van der Waals surface area (Å²) in [7, 11) is -3.30. The van der Waals surface area contributed by atoms with Gasteiger partial charge in [-0.2, -0.15) is 13.2 Å². The number of allylic oxidation sites excluding steroid dienone is 1. The number of rotatable bonds is 5. The van der Waals surface area contributed by atoms with Gasteiger partial charge in [-0.15, -0.1) is 0 Å². The van der Waals surface area contributed by atoms with E-state index in [0.717, 1.165) is 42.9 Å². The number of nitrogens with one attached hydrogen (secondary N) is 1. The second kappa shape index (κ2) is 8.89. The first-order chi connectivity index (χ1) is 15.5. The lowest BCUT2D eigenvalue weighted by Gasteiger charge is -2.28. The van der Waals surface area contributed by atoms with E-state index in [9.17, 15) is 21.6 Å². The summed E-state index contributed by atoms with van der Waals surface area (Å²) in [4.78, 5) is 6.91. The SMILES string of the molecule is C[C@@H]1CCCN1c1cc(C2C=CN(S(C)(=O)=O)CC2)cc(Nc2cccc(C(F)(F)F)c2)n1. The maximum absolute atomic E-state index is 13.1. The van der Waals surface area contributed by atoms with Gasteiger partial charge in [-0.05, 0) is 62.1 Å². The predicted molar refractivity (Wildman–Crippen MR) is 123 cm³/mol. The molecular formula is C23H27F3N4O2S. The zero-order valence-corrected chi connectivity index (χ0v) is 19.3. The second-order valence-corrected chi connectivity index (χ2v) is 10.6. The Kier molecular flexibility index (Phi) is 6.30. The monoisotopic (exact) mass is 480 g/mol. The van der Waals surface area contributed by atoms with Crippen molar-refractivity contribution in [2.24, 2.45) is 0 Å². The number of alkyl halides is 3. The maximum atomic E-state index is 13.1. The molecule has 6 nitrogen and oxygen atoms in total. The van der Waals surface area contributed by atoms with Gasteiger partial charge in [0.25, 0.3) is 0 Å². The number of pyridine rings is 1. The van der Waals surface area contributed by atoms with Crippen molar-refractivity contribution < 1.29 is 21.6 Å². The van der Waals surface area contributed by atoms with Crippen molar-refractivity contribution >= 4 is 27.3 Å². The molecule has 1 saturated heterocycles. The van der Waals surface area contributed by atoms with E-state index < -0.39 is 21.8 Å². The van der Waals surface area contributed by atoms with Crippen molar-refractivity contribution in [2.45, 2.75) is 44.3 Å². The van der Waals surface area contributed by atoms with Crippen LogP contribution in [-0.4, -0.2) is 43.1 Å². The number of hydrogen-bond donors (Lipinski definition) is 1. The number of nitrogens with zero attached hydrogens (tertiary/aromatic N) is 3.